The van der Waals surface area contributed by atoms with E-state index in [9.17, 15) is 14.3 Å². The molecule has 8 rings (SSSR count). The van der Waals surface area contributed by atoms with E-state index in [1.54, 1.807) is 21.8 Å². The van der Waals surface area contributed by atoms with Crippen LogP contribution in [0.2, 0.25) is 0 Å². The van der Waals surface area contributed by atoms with Crippen LogP contribution in [0.15, 0.2) is 60.8 Å². The first-order chi connectivity index (χ1) is 23.5. The lowest BCUT2D eigenvalue weighted by molar-refractivity contribution is -0.129. The van der Waals surface area contributed by atoms with Gasteiger partial charge in [-0.15, -0.1) is 11.3 Å². The monoisotopic (exact) mass is 684 g/mol. The predicted molar refractivity (Wildman–Crippen MR) is 181 cm³/mol. The lowest BCUT2D eigenvalue weighted by Gasteiger charge is -2.36. The molecule has 6 aromatic rings. The number of amides is 1. The quantitative estimate of drug-likeness (QED) is 0.184. The van der Waals surface area contributed by atoms with Crippen molar-refractivity contribution in [3.63, 3.8) is 0 Å². The largest absolute Gasteiger partial charge is 0.489 e. The molecule has 9 nitrogen and oxygen atoms in total. The van der Waals surface area contributed by atoms with Crippen LogP contribution in [0.25, 0.3) is 54.9 Å². The minimum Gasteiger partial charge on any atom is -0.489 e. The number of hydrogen-bond donors (Lipinski definition) is 1. The third-order valence-corrected chi connectivity index (χ3v) is 10.5. The molecular weight excluding hydrogens is 653 g/mol. The van der Waals surface area contributed by atoms with E-state index in [0.29, 0.717) is 46.7 Å². The van der Waals surface area contributed by atoms with Crippen LogP contribution in [-0.2, 0) is 11.8 Å². The van der Waals surface area contributed by atoms with Crippen molar-refractivity contribution in [1.82, 2.24) is 29.2 Å². The molecule has 2 aliphatic rings. The molecule has 0 radical (unpaired) electrons. The van der Waals surface area contributed by atoms with Crippen molar-refractivity contribution in [1.29, 1.82) is 0 Å². The topological polar surface area (TPSA) is 98.3 Å². The first-order valence-corrected chi connectivity index (χ1v) is 16.8. The van der Waals surface area contributed by atoms with Crippen molar-refractivity contribution in [2.45, 2.75) is 51.0 Å². The Labute approximate surface area is 282 Å². The highest BCUT2D eigenvalue weighted by Crippen LogP contribution is 2.49. The van der Waals surface area contributed by atoms with Gasteiger partial charge in [0.05, 0.1) is 50.9 Å². The normalized spacial score (nSPS) is 20.4. The van der Waals surface area contributed by atoms with Crippen molar-refractivity contribution < 1.29 is 27.8 Å². The van der Waals surface area contributed by atoms with Gasteiger partial charge in [-0.3, -0.25) is 14.5 Å². The van der Waals surface area contributed by atoms with Gasteiger partial charge in [0.15, 0.2) is 0 Å². The molecule has 1 amide bonds. The average Bonchev–Trinajstić information content (AvgIpc) is 3.78. The summed E-state index contributed by atoms with van der Waals surface area (Å²) in [5, 5.41) is 16.2. The third kappa shape index (κ3) is 5.02. The van der Waals surface area contributed by atoms with Crippen LogP contribution in [-0.4, -0.2) is 59.0 Å². The maximum atomic E-state index is 16.2. The highest BCUT2D eigenvalue weighted by molar-refractivity contribution is 7.17. The zero-order chi connectivity index (χ0) is 34.3. The molecule has 0 bridgehead atoms. The molecule has 0 saturated heterocycles. The van der Waals surface area contributed by atoms with E-state index >= 15 is 8.78 Å². The van der Waals surface area contributed by atoms with Crippen LogP contribution in [0.4, 0.5) is 13.2 Å². The van der Waals surface area contributed by atoms with E-state index in [-0.39, 0.29) is 45.9 Å². The lowest BCUT2D eigenvalue weighted by atomic mass is 9.91. The average molecular weight is 685 g/mol. The number of hydrogen-bond acceptors (Lipinski definition) is 7. The first kappa shape index (κ1) is 31.3. The van der Waals surface area contributed by atoms with E-state index in [1.165, 1.54) is 11.5 Å². The number of rotatable bonds is 6. The summed E-state index contributed by atoms with van der Waals surface area (Å²) in [6, 6.07) is 6.77. The number of ether oxygens (including phenoxy) is 1. The van der Waals surface area contributed by atoms with Gasteiger partial charge in [-0.05, 0) is 38.1 Å². The molecule has 1 N–H and O–H groups in total. The molecule has 1 saturated carbocycles. The second-order valence-electron chi connectivity index (χ2n) is 12.8. The van der Waals surface area contributed by atoms with Gasteiger partial charge < -0.3 is 19.3 Å². The van der Waals surface area contributed by atoms with Gasteiger partial charge >= 0.3 is 0 Å². The number of benzene rings is 1. The van der Waals surface area contributed by atoms with Crippen LogP contribution < -0.4 is 4.74 Å². The van der Waals surface area contributed by atoms with Gasteiger partial charge in [-0.2, -0.15) is 5.10 Å². The number of aryl methyl sites for hydroxylation is 1. The number of thiophene rings is 1. The zero-order valence-corrected chi connectivity index (χ0v) is 27.6. The first-order valence-electron chi connectivity index (χ1n) is 15.9. The number of carbonyl (C=O) groups is 1. The Morgan fingerprint density at radius 1 is 1.10 bits per heavy atom. The Morgan fingerprint density at radius 3 is 2.65 bits per heavy atom. The number of fused-ring (bicyclic) bond motifs is 3. The fourth-order valence-electron chi connectivity index (χ4n) is 6.94. The van der Waals surface area contributed by atoms with Crippen molar-refractivity contribution >= 4 is 38.4 Å². The van der Waals surface area contributed by atoms with Gasteiger partial charge in [0, 0.05) is 72.9 Å². The van der Waals surface area contributed by atoms with Gasteiger partial charge in [0.1, 0.15) is 40.7 Å². The number of nitrogens with zero attached hydrogens (tertiary/aromatic N) is 6. The molecule has 2 atom stereocenters. The summed E-state index contributed by atoms with van der Waals surface area (Å²) in [5.74, 6) is -2.79. The Morgan fingerprint density at radius 2 is 1.90 bits per heavy atom. The fourth-order valence-corrected chi connectivity index (χ4v) is 7.87. The molecule has 1 fully saturated rings. The molecular formula is C36H31F3N6O3S. The molecule has 5 aromatic heterocycles. The van der Waals surface area contributed by atoms with Crippen molar-refractivity contribution in [2.75, 3.05) is 6.54 Å². The van der Waals surface area contributed by atoms with Gasteiger partial charge in [0.2, 0.25) is 5.91 Å². The summed E-state index contributed by atoms with van der Waals surface area (Å²) in [6.45, 7) is 7.83. The smallest absolute Gasteiger partial charge is 0.246 e. The molecule has 0 spiro atoms. The summed E-state index contributed by atoms with van der Waals surface area (Å²) in [5.41, 5.74) is 3.71. The summed E-state index contributed by atoms with van der Waals surface area (Å²) >= 11 is 1.12. The maximum absolute atomic E-state index is 16.2. The number of pyridine rings is 2. The Bertz CT molecular complexity index is 2320. The molecule has 1 aliphatic carbocycles. The number of aliphatic hydroxyl groups excluding tert-OH is 1. The van der Waals surface area contributed by atoms with Crippen LogP contribution in [0.1, 0.15) is 44.5 Å². The van der Waals surface area contributed by atoms with Crippen molar-refractivity contribution in [2.24, 2.45) is 7.05 Å². The number of halogens is 3. The molecule has 6 heterocycles. The van der Waals surface area contributed by atoms with E-state index in [0.717, 1.165) is 34.5 Å². The second-order valence-corrected chi connectivity index (χ2v) is 13.7. The van der Waals surface area contributed by atoms with E-state index in [4.69, 9.17) is 14.8 Å². The Kier molecular flexibility index (Phi) is 7.37. The van der Waals surface area contributed by atoms with Crippen molar-refractivity contribution in [3.8, 4) is 39.5 Å². The predicted octanol–water partition coefficient (Wildman–Crippen LogP) is 7.35. The van der Waals surface area contributed by atoms with Crippen LogP contribution in [0, 0.1) is 17.5 Å². The minimum atomic E-state index is -0.960. The summed E-state index contributed by atoms with van der Waals surface area (Å²) < 4.78 is 57.5. The van der Waals surface area contributed by atoms with Gasteiger partial charge in [0.25, 0.3) is 0 Å². The number of aliphatic hydroxyl groups is 1. The minimum absolute atomic E-state index is 0.0625. The van der Waals surface area contributed by atoms with Gasteiger partial charge in [-0.25, -0.2) is 18.2 Å². The standard InChI is InChI=1S/C36H31F3N6O3S/c1-5-30(47)44-15-17(2)45-27(18(44)3)13-26(42-45)35-33(31-23(38)9-20(37)10-29(31)48-22-11-21(46)12-22)32-24(39)16-49-36(32)34(41-35)19-8-28-25(40-14-19)6-7-43(28)4/h5-10,13-14,16-18,21-22,46H,1,11-12,15H2,2-4H3/t17-,18+,21?,22?/m0/s1. The van der Waals surface area contributed by atoms with Crippen LogP contribution in [0.5, 0.6) is 5.75 Å². The van der Waals surface area contributed by atoms with Crippen LogP contribution in [0.3, 0.4) is 0 Å². The maximum Gasteiger partial charge on any atom is 0.246 e. The van der Waals surface area contributed by atoms with Gasteiger partial charge in [-0.1, -0.05) is 6.58 Å². The highest BCUT2D eigenvalue weighted by atomic mass is 32.1. The summed E-state index contributed by atoms with van der Waals surface area (Å²) in [4.78, 5) is 24.2. The summed E-state index contributed by atoms with van der Waals surface area (Å²) in [6.07, 6.45) is 4.36. The summed E-state index contributed by atoms with van der Waals surface area (Å²) in [7, 11) is 1.90. The zero-order valence-electron chi connectivity index (χ0n) is 26.8. The molecule has 250 valence electrons. The second kappa shape index (κ2) is 11.6. The number of carbonyl (C=O) groups excluding carboxylic acids is 1. The van der Waals surface area contributed by atoms with Crippen LogP contribution >= 0.6 is 11.3 Å². The Hall–Kier alpha value is -5.01. The Balaban J connectivity index is 1.43. The molecule has 0 unspecified atom stereocenters. The van der Waals surface area contributed by atoms with E-state index in [2.05, 4.69) is 11.6 Å². The molecule has 49 heavy (non-hydrogen) atoms. The van der Waals surface area contributed by atoms with Crippen molar-refractivity contribution in [3.05, 3.63) is 83.9 Å². The fraction of sp³-hybridized carbons (Fsp3) is 0.278. The molecule has 1 aromatic carbocycles. The van der Waals surface area contributed by atoms with E-state index in [1.807, 2.05) is 43.8 Å². The SMILES string of the molecule is C=CC(=O)N1C[C@H](C)n2nc(-c3nc(-c4cnc5ccn(C)c5c4)c4scc(F)c4c3-c3c(F)cc(F)cc3OC3CC(O)C3)cc2[C@H]1C. The number of aromatic nitrogens is 5. The molecule has 1 aliphatic heterocycles. The lowest BCUT2D eigenvalue weighted by Crippen LogP contribution is -2.42. The van der Waals surface area contributed by atoms with E-state index < -0.39 is 29.7 Å². The third-order valence-electron chi connectivity index (χ3n) is 9.55. The molecule has 13 heteroatoms. The highest BCUT2D eigenvalue weighted by Gasteiger charge is 2.36.